The standard InChI is InChI=1S/C19H30N6O.HI/c1-3-5-12-26-13-6-11-22-19(21-4-2)23-14-17-7-9-18(10-8-17)25-16-20-15-24-25;/h7-10,15-16H,3-6,11-14H2,1-2H3,(H2,21,22,23);1H. The number of nitrogens with one attached hydrogen (secondary N) is 2. The van der Waals surface area contributed by atoms with Gasteiger partial charge in [0.25, 0.3) is 0 Å². The van der Waals surface area contributed by atoms with Gasteiger partial charge >= 0.3 is 0 Å². The molecule has 0 bridgehead atoms. The van der Waals surface area contributed by atoms with E-state index in [2.05, 4.69) is 51.7 Å². The average molecular weight is 486 g/mol. The van der Waals surface area contributed by atoms with Gasteiger partial charge < -0.3 is 15.4 Å². The van der Waals surface area contributed by atoms with E-state index in [1.165, 1.54) is 12.7 Å². The summed E-state index contributed by atoms with van der Waals surface area (Å²) in [5.41, 5.74) is 2.14. The second-order valence-corrected chi connectivity index (χ2v) is 5.95. The van der Waals surface area contributed by atoms with Crippen LogP contribution < -0.4 is 10.6 Å². The third kappa shape index (κ3) is 9.18. The lowest BCUT2D eigenvalue weighted by atomic mass is 10.2. The van der Waals surface area contributed by atoms with E-state index in [1.54, 1.807) is 11.0 Å². The molecule has 7 nitrogen and oxygen atoms in total. The predicted molar refractivity (Wildman–Crippen MR) is 120 cm³/mol. The van der Waals surface area contributed by atoms with E-state index < -0.39 is 0 Å². The van der Waals surface area contributed by atoms with Crippen LogP contribution in [0.15, 0.2) is 41.9 Å². The van der Waals surface area contributed by atoms with E-state index in [9.17, 15) is 0 Å². The first-order chi connectivity index (χ1) is 12.8. The summed E-state index contributed by atoms with van der Waals surface area (Å²) in [6.07, 6.45) is 6.50. The van der Waals surface area contributed by atoms with Crippen molar-refractivity contribution in [3.05, 3.63) is 42.5 Å². The van der Waals surface area contributed by atoms with Crippen molar-refractivity contribution in [1.82, 2.24) is 25.4 Å². The first-order valence-corrected chi connectivity index (χ1v) is 9.37. The Balaban J connectivity index is 0.00000364. The molecule has 0 amide bonds. The summed E-state index contributed by atoms with van der Waals surface area (Å²) in [4.78, 5) is 8.60. The molecule has 2 aromatic rings. The molecule has 0 unspecified atom stereocenters. The van der Waals surface area contributed by atoms with E-state index in [4.69, 9.17) is 4.74 Å². The van der Waals surface area contributed by atoms with Gasteiger partial charge in [-0.1, -0.05) is 25.5 Å². The van der Waals surface area contributed by atoms with E-state index in [0.29, 0.717) is 6.54 Å². The zero-order chi connectivity index (χ0) is 18.5. The van der Waals surface area contributed by atoms with Crippen molar-refractivity contribution in [2.75, 3.05) is 26.3 Å². The molecule has 150 valence electrons. The Labute approximate surface area is 179 Å². The van der Waals surface area contributed by atoms with Crippen molar-refractivity contribution in [2.24, 2.45) is 4.99 Å². The summed E-state index contributed by atoms with van der Waals surface area (Å²) in [5.74, 6) is 0.835. The van der Waals surface area contributed by atoms with Gasteiger partial charge in [0.2, 0.25) is 0 Å². The summed E-state index contributed by atoms with van der Waals surface area (Å²) >= 11 is 0. The van der Waals surface area contributed by atoms with Gasteiger partial charge in [0.05, 0.1) is 12.2 Å². The number of halogens is 1. The van der Waals surface area contributed by atoms with Crippen molar-refractivity contribution in [2.45, 2.75) is 39.7 Å². The quantitative estimate of drug-likeness (QED) is 0.221. The third-order valence-corrected chi connectivity index (χ3v) is 3.78. The molecule has 0 atom stereocenters. The fourth-order valence-corrected chi connectivity index (χ4v) is 2.34. The van der Waals surface area contributed by atoms with Gasteiger partial charge in [-0.25, -0.2) is 14.7 Å². The normalized spacial score (nSPS) is 11.1. The monoisotopic (exact) mass is 486 g/mol. The predicted octanol–water partition coefficient (Wildman–Crippen LogP) is 3.15. The van der Waals surface area contributed by atoms with E-state index in [0.717, 1.165) is 56.4 Å². The second-order valence-electron chi connectivity index (χ2n) is 5.95. The fraction of sp³-hybridized carbons (Fsp3) is 0.526. The van der Waals surface area contributed by atoms with E-state index >= 15 is 0 Å². The Morgan fingerprint density at radius 1 is 1.11 bits per heavy atom. The molecule has 0 aliphatic rings. The number of benzene rings is 1. The molecule has 1 aromatic heterocycles. The van der Waals surface area contributed by atoms with Crippen molar-refractivity contribution < 1.29 is 4.74 Å². The first-order valence-electron chi connectivity index (χ1n) is 9.37. The molecule has 0 saturated carbocycles. The molecular formula is C19H31IN6O. The van der Waals surface area contributed by atoms with Crippen LogP contribution in [-0.4, -0.2) is 47.0 Å². The van der Waals surface area contributed by atoms with Crippen LogP contribution >= 0.6 is 24.0 Å². The van der Waals surface area contributed by atoms with Gasteiger partial charge in [-0.15, -0.1) is 24.0 Å². The summed E-state index contributed by atoms with van der Waals surface area (Å²) in [5, 5.41) is 10.8. The lowest BCUT2D eigenvalue weighted by molar-refractivity contribution is 0.129. The summed E-state index contributed by atoms with van der Waals surface area (Å²) < 4.78 is 7.31. The minimum Gasteiger partial charge on any atom is -0.381 e. The Bertz CT molecular complexity index is 630. The SMILES string of the molecule is CCCCOCCCNC(=NCc1ccc(-n2cncn2)cc1)NCC.I. The van der Waals surface area contributed by atoms with Crippen molar-refractivity contribution >= 4 is 29.9 Å². The van der Waals surface area contributed by atoms with Crippen LogP contribution in [0.2, 0.25) is 0 Å². The number of guanidine groups is 1. The second kappa shape index (κ2) is 14.4. The highest BCUT2D eigenvalue weighted by molar-refractivity contribution is 14.0. The first kappa shape index (κ1) is 23.4. The molecule has 8 heteroatoms. The Hall–Kier alpha value is -1.68. The molecule has 0 aliphatic carbocycles. The van der Waals surface area contributed by atoms with Crippen LogP contribution in [0.25, 0.3) is 5.69 Å². The van der Waals surface area contributed by atoms with Gasteiger partial charge in [-0.05, 0) is 37.5 Å². The minimum atomic E-state index is 0. The zero-order valence-corrected chi connectivity index (χ0v) is 18.6. The fourth-order valence-electron chi connectivity index (χ4n) is 2.34. The lowest BCUT2D eigenvalue weighted by Gasteiger charge is -2.11. The van der Waals surface area contributed by atoms with Crippen LogP contribution in [0.5, 0.6) is 0 Å². The van der Waals surface area contributed by atoms with Crippen LogP contribution in [0, 0.1) is 0 Å². The maximum absolute atomic E-state index is 5.58. The van der Waals surface area contributed by atoms with E-state index in [1.807, 2.05) is 12.1 Å². The molecule has 1 heterocycles. The molecule has 2 rings (SSSR count). The highest BCUT2D eigenvalue weighted by atomic mass is 127. The Morgan fingerprint density at radius 3 is 2.56 bits per heavy atom. The highest BCUT2D eigenvalue weighted by Crippen LogP contribution is 2.08. The largest absolute Gasteiger partial charge is 0.381 e. The number of aromatic nitrogens is 3. The number of rotatable bonds is 11. The number of ether oxygens (including phenoxy) is 1. The van der Waals surface area contributed by atoms with Crippen molar-refractivity contribution in [3.8, 4) is 5.69 Å². The average Bonchev–Trinajstić information content (AvgIpc) is 3.20. The van der Waals surface area contributed by atoms with Crippen LogP contribution in [0.1, 0.15) is 38.7 Å². The van der Waals surface area contributed by atoms with Crippen LogP contribution in [0.4, 0.5) is 0 Å². The highest BCUT2D eigenvalue weighted by Gasteiger charge is 2.00. The maximum atomic E-state index is 5.58. The molecule has 0 radical (unpaired) electrons. The van der Waals surface area contributed by atoms with Gasteiger partial charge in [0.15, 0.2) is 5.96 Å². The number of unbranched alkanes of at least 4 members (excludes halogenated alkanes) is 1. The molecule has 27 heavy (non-hydrogen) atoms. The molecule has 0 aliphatic heterocycles. The summed E-state index contributed by atoms with van der Waals surface area (Å²) in [7, 11) is 0. The van der Waals surface area contributed by atoms with Gasteiger partial charge in [-0.2, -0.15) is 5.10 Å². The topological polar surface area (TPSA) is 76.4 Å². The van der Waals surface area contributed by atoms with Crippen LogP contribution in [0.3, 0.4) is 0 Å². The van der Waals surface area contributed by atoms with Crippen molar-refractivity contribution in [1.29, 1.82) is 0 Å². The van der Waals surface area contributed by atoms with E-state index in [-0.39, 0.29) is 24.0 Å². The zero-order valence-electron chi connectivity index (χ0n) is 16.2. The maximum Gasteiger partial charge on any atom is 0.191 e. The lowest BCUT2D eigenvalue weighted by Crippen LogP contribution is -2.38. The van der Waals surface area contributed by atoms with Crippen LogP contribution in [-0.2, 0) is 11.3 Å². The Kier molecular flexibility index (Phi) is 12.4. The third-order valence-electron chi connectivity index (χ3n) is 3.78. The smallest absolute Gasteiger partial charge is 0.191 e. The van der Waals surface area contributed by atoms with Gasteiger partial charge in [0.1, 0.15) is 12.7 Å². The number of hydrogen-bond donors (Lipinski definition) is 2. The summed E-state index contributed by atoms with van der Waals surface area (Å²) in [6, 6.07) is 8.17. The Morgan fingerprint density at radius 2 is 1.89 bits per heavy atom. The molecule has 0 saturated heterocycles. The number of hydrogen-bond acceptors (Lipinski definition) is 4. The van der Waals surface area contributed by atoms with Gasteiger partial charge in [0, 0.05) is 26.3 Å². The molecule has 0 spiro atoms. The van der Waals surface area contributed by atoms with Gasteiger partial charge in [-0.3, -0.25) is 0 Å². The number of aliphatic imine (C=N–C) groups is 1. The summed E-state index contributed by atoms with van der Waals surface area (Å²) in [6.45, 7) is 8.20. The molecular weight excluding hydrogens is 455 g/mol. The van der Waals surface area contributed by atoms with Crippen molar-refractivity contribution in [3.63, 3.8) is 0 Å². The minimum absolute atomic E-state index is 0. The number of nitrogens with zero attached hydrogens (tertiary/aromatic N) is 4. The molecule has 0 fully saturated rings. The molecule has 1 aromatic carbocycles. The molecule has 2 N–H and O–H groups in total.